The van der Waals surface area contributed by atoms with Crippen molar-refractivity contribution < 1.29 is 13.2 Å². The van der Waals surface area contributed by atoms with Gasteiger partial charge in [-0.25, -0.2) is 8.42 Å². The summed E-state index contributed by atoms with van der Waals surface area (Å²) in [4.78, 5) is 15.1. The van der Waals surface area contributed by atoms with Crippen LogP contribution in [-0.4, -0.2) is 46.3 Å². The molecule has 7 heteroatoms. The normalized spacial score (nSPS) is 14.7. The van der Waals surface area contributed by atoms with Gasteiger partial charge in [0.15, 0.2) is 0 Å². The number of carbonyl (C=O) groups is 1. The van der Waals surface area contributed by atoms with E-state index in [2.05, 4.69) is 34.5 Å². The van der Waals surface area contributed by atoms with Crippen molar-refractivity contribution in [3.63, 3.8) is 0 Å². The van der Waals surface area contributed by atoms with Crippen LogP contribution in [0.5, 0.6) is 0 Å². The van der Waals surface area contributed by atoms with E-state index in [4.69, 9.17) is 0 Å². The third-order valence-corrected chi connectivity index (χ3v) is 6.70. The van der Waals surface area contributed by atoms with Gasteiger partial charge >= 0.3 is 0 Å². The Bertz CT molecular complexity index is 991. The number of hydrogen-bond acceptors (Lipinski definition) is 4. The molecule has 0 aromatic heterocycles. The molecule has 2 aromatic carbocycles. The molecule has 30 heavy (non-hydrogen) atoms. The van der Waals surface area contributed by atoms with E-state index in [1.54, 1.807) is 25.1 Å². The predicted octanol–water partition coefficient (Wildman–Crippen LogP) is 3.11. The fraction of sp³-hybridized carbons (Fsp3) is 0.435. The molecule has 1 unspecified atom stereocenters. The predicted molar refractivity (Wildman–Crippen MR) is 123 cm³/mol. The number of para-hydroxylation sites is 1. The fourth-order valence-electron chi connectivity index (χ4n) is 4.05. The number of fused-ring (bicyclic) bond motifs is 1. The van der Waals surface area contributed by atoms with Crippen LogP contribution in [-0.2, 0) is 21.2 Å². The summed E-state index contributed by atoms with van der Waals surface area (Å²) in [7, 11) is -3.60. The maximum absolute atomic E-state index is 12.7. The Morgan fingerprint density at radius 2 is 1.97 bits per heavy atom. The number of anilines is 2. The second kappa shape index (κ2) is 9.51. The molecule has 1 aliphatic heterocycles. The van der Waals surface area contributed by atoms with E-state index in [0.717, 1.165) is 44.2 Å². The monoisotopic (exact) mass is 429 g/mol. The van der Waals surface area contributed by atoms with E-state index in [9.17, 15) is 13.2 Å². The molecule has 0 aliphatic carbocycles. The van der Waals surface area contributed by atoms with Gasteiger partial charge in [0, 0.05) is 25.3 Å². The lowest BCUT2D eigenvalue weighted by atomic mass is 10.0. The van der Waals surface area contributed by atoms with E-state index >= 15 is 0 Å². The number of nitrogens with zero attached hydrogens (tertiary/aromatic N) is 2. The highest BCUT2D eigenvalue weighted by molar-refractivity contribution is 7.92. The topological polar surface area (TPSA) is 69.7 Å². The smallest absolute Gasteiger partial charge is 0.243 e. The SMILES string of the molecule is Cc1cccc(N(C(C)C(=O)NCCCN2CCCc3ccccc32)S(C)(=O)=O)c1. The Morgan fingerprint density at radius 1 is 1.20 bits per heavy atom. The highest BCUT2D eigenvalue weighted by Crippen LogP contribution is 2.26. The quantitative estimate of drug-likeness (QED) is 0.655. The van der Waals surface area contributed by atoms with E-state index in [0.29, 0.717) is 12.2 Å². The minimum Gasteiger partial charge on any atom is -0.371 e. The van der Waals surface area contributed by atoms with E-state index in [1.807, 2.05) is 13.0 Å². The van der Waals surface area contributed by atoms with Crippen LogP contribution in [0.3, 0.4) is 0 Å². The summed E-state index contributed by atoms with van der Waals surface area (Å²) in [6, 6.07) is 14.8. The standard InChI is InChI=1S/C23H31N3O3S/c1-18-9-6-12-21(17-18)26(30(3,28)29)19(2)23(27)24-14-8-16-25-15-7-11-20-10-4-5-13-22(20)25/h4-6,9-10,12-13,17,19H,7-8,11,14-16H2,1-3H3,(H,24,27). The molecule has 0 saturated heterocycles. The van der Waals surface area contributed by atoms with Crippen molar-refractivity contribution in [2.75, 3.05) is 35.1 Å². The minimum absolute atomic E-state index is 0.291. The fourth-order valence-corrected chi connectivity index (χ4v) is 5.21. The van der Waals surface area contributed by atoms with Crippen molar-refractivity contribution in [1.29, 1.82) is 0 Å². The van der Waals surface area contributed by atoms with Crippen LogP contribution in [0, 0.1) is 6.92 Å². The second-order valence-corrected chi connectivity index (χ2v) is 9.80. The van der Waals surface area contributed by atoms with Gasteiger partial charge in [-0.3, -0.25) is 9.10 Å². The minimum atomic E-state index is -3.60. The van der Waals surface area contributed by atoms with Crippen LogP contribution in [0.1, 0.15) is 30.9 Å². The van der Waals surface area contributed by atoms with Gasteiger partial charge in [0.05, 0.1) is 11.9 Å². The Kier molecular flexibility index (Phi) is 7.02. The van der Waals surface area contributed by atoms with Crippen LogP contribution in [0.2, 0.25) is 0 Å². The summed E-state index contributed by atoms with van der Waals surface area (Å²) < 4.78 is 26.0. The number of hydrogen-bond donors (Lipinski definition) is 1. The first-order valence-corrected chi connectivity index (χ1v) is 12.3. The summed E-state index contributed by atoms with van der Waals surface area (Å²) in [5, 5.41) is 2.91. The van der Waals surface area contributed by atoms with Gasteiger partial charge in [-0.05, 0) is 62.4 Å². The molecule has 1 aliphatic rings. The number of benzene rings is 2. The van der Waals surface area contributed by atoms with Crippen molar-refractivity contribution in [3.05, 3.63) is 59.7 Å². The van der Waals surface area contributed by atoms with Gasteiger partial charge in [0.25, 0.3) is 0 Å². The maximum atomic E-state index is 12.7. The van der Waals surface area contributed by atoms with Crippen molar-refractivity contribution in [1.82, 2.24) is 5.32 Å². The molecular formula is C23H31N3O3S. The van der Waals surface area contributed by atoms with Gasteiger partial charge in [-0.1, -0.05) is 30.3 Å². The van der Waals surface area contributed by atoms with Crippen molar-refractivity contribution in [3.8, 4) is 0 Å². The lowest BCUT2D eigenvalue weighted by molar-refractivity contribution is -0.121. The lowest BCUT2D eigenvalue weighted by Gasteiger charge is -2.31. The average Bonchev–Trinajstić information content (AvgIpc) is 2.70. The van der Waals surface area contributed by atoms with Crippen molar-refractivity contribution in [2.24, 2.45) is 0 Å². The third-order valence-electron chi connectivity index (χ3n) is 5.46. The summed E-state index contributed by atoms with van der Waals surface area (Å²) >= 11 is 0. The first kappa shape index (κ1) is 22.2. The number of sulfonamides is 1. The molecule has 3 rings (SSSR count). The van der Waals surface area contributed by atoms with Crippen molar-refractivity contribution in [2.45, 2.75) is 39.2 Å². The van der Waals surface area contributed by atoms with E-state index in [-0.39, 0.29) is 5.91 Å². The molecule has 2 aromatic rings. The molecule has 0 fully saturated rings. The molecule has 0 bridgehead atoms. The third kappa shape index (κ3) is 5.33. The summed E-state index contributed by atoms with van der Waals surface area (Å²) in [6.45, 7) is 5.91. The van der Waals surface area contributed by atoms with Crippen LogP contribution in [0.4, 0.5) is 11.4 Å². The first-order valence-electron chi connectivity index (χ1n) is 10.4. The van der Waals surface area contributed by atoms with Gasteiger partial charge in [0.2, 0.25) is 15.9 Å². The summed E-state index contributed by atoms with van der Waals surface area (Å²) in [5.41, 5.74) is 4.11. The average molecular weight is 430 g/mol. The highest BCUT2D eigenvalue weighted by atomic mass is 32.2. The number of nitrogens with one attached hydrogen (secondary N) is 1. The summed E-state index contributed by atoms with van der Waals surface area (Å²) in [5.74, 6) is -0.291. The molecule has 0 radical (unpaired) electrons. The molecule has 6 nitrogen and oxygen atoms in total. The number of aryl methyl sites for hydroxylation is 2. The van der Waals surface area contributed by atoms with Crippen LogP contribution in [0.15, 0.2) is 48.5 Å². The highest BCUT2D eigenvalue weighted by Gasteiger charge is 2.29. The van der Waals surface area contributed by atoms with Gasteiger partial charge in [0.1, 0.15) is 6.04 Å². The molecular weight excluding hydrogens is 398 g/mol. The van der Waals surface area contributed by atoms with E-state index < -0.39 is 16.1 Å². The van der Waals surface area contributed by atoms with Gasteiger partial charge in [-0.15, -0.1) is 0 Å². The Morgan fingerprint density at radius 3 is 2.70 bits per heavy atom. The first-order chi connectivity index (χ1) is 14.3. The van der Waals surface area contributed by atoms with Crippen molar-refractivity contribution >= 4 is 27.3 Å². The van der Waals surface area contributed by atoms with Crippen LogP contribution in [0.25, 0.3) is 0 Å². The Balaban J connectivity index is 1.57. The zero-order chi connectivity index (χ0) is 21.7. The Hall–Kier alpha value is -2.54. The number of rotatable bonds is 8. The number of carbonyl (C=O) groups excluding carboxylic acids is 1. The second-order valence-electron chi connectivity index (χ2n) is 7.94. The molecule has 0 spiro atoms. The Labute approximate surface area is 179 Å². The van der Waals surface area contributed by atoms with Crippen LogP contribution >= 0.6 is 0 Å². The molecule has 162 valence electrons. The molecule has 0 saturated carbocycles. The van der Waals surface area contributed by atoms with Gasteiger partial charge in [-0.2, -0.15) is 0 Å². The zero-order valence-electron chi connectivity index (χ0n) is 18.0. The summed E-state index contributed by atoms with van der Waals surface area (Å²) in [6.07, 6.45) is 4.18. The lowest BCUT2D eigenvalue weighted by Crippen LogP contribution is -2.48. The largest absolute Gasteiger partial charge is 0.371 e. The molecule has 1 amide bonds. The van der Waals surface area contributed by atoms with Crippen LogP contribution < -0.4 is 14.5 Å². The number of amides is 1. The zero-order valence-corrected chi connectivity index (χ0v) is 18.8. The molecule has 1 heterocycles. The maximum Gasteiger partial charge on any atom is 0.243 e. The van der Waals surface area contributed by atoms with E-state index in [1.165, 1.54) is 15.6 Å². The molecule has 1 atom stereocenters. The van der Waals surface area contributed by atoms with Gasteiger partial charge < -0.3 is 10.2 Å². The molecule has 1 N–H and O–H groups in total.